The summed E-state index contributed by atoms with van der Waals surface area (Å²) >= 11 is 0. The number of rotatable bonds is 15. The lowest BCUT2D eigenvalue weighted by molar-refractivity contribution is -0.181. The van der Waals surface area contributed by atoms with Gasteiger partial charge >= 0.3 is 0 Å². The van der Waals surface area contributed by atoms with Crippen LogP contribution < -0.4 is 0 Å². The molecule has 0 bridgehead atoms. The number of unbranched alkanes of at least 4 members (excludes halogenated alkanes) is 9. The standard InChI is InChI=1S/C18H36O7/c19-11-9-7-5-3-1-2-4-6-8-10-12-24-18-16(23)15(22)17(25-18)14(21)13-20/h14-23H,1-13H2/t14-,15-,16-,17-,18-/m1/s1. The predicted molar refractivity (Wildman–Crippen MR) is 93.0 cm³/mol. The van der Waals surface area contributed by atoms with Crippen LogP contribution in [0.3, 0.4) is 0 Å². The Kier molecular flexibility index (Phi) is 12.6. The average molecular weight is 364 g/mol. The zero-order valence-electron chi connectivity index (χ0n) is 15.1. The number of aliphatic hydroxyl groups excluding tert-OH is 5. The van der Waals surface area contributed by atoms with Gasteiger partial charge in [0.05, 0.1) is 6.61 Å². The summed E-state index contributed by atoms with van der Waals surface area (Å²) in [5.41, 5.74) is 0. The van der Waals surface area contributed by atoms with Crippen molar-refractivity contribution in [2.75, 3.05) is 19.8 Å². The number of aliphatic hydroxyl groups is 5. The van der Waals surface area contributed by atoms with Crippen LogP contribution in [-0.2, 0) is 9.47 Å². The molecule has 1 aliphatic rings. The highest BCUT2D eigenvalue weighted by atomic mass is 16.7. The van der Waals surface area contributed by atoms with Crippen LogP contribution in [0.1, 0.15) is 64.2 Å². The monoisotopic (exact) mass is 364 g/mol. The second kappa shape index (κ2) is 13.9. The summed E-state index contributed by atoms with van der Waals surface area (Å²) in [5.74, 6) is 0. The summed E-state index contributed by atoms with van der Waals surface area (Å²) in [7, 11) is 0. The summed E-state index contributed by atoms with van der Waals surface area (Å²) in [6, 6.07) is 0. The fraction of sp³-hybridized carbons (Fsp3) is 1.00. The van der Waals surface area contributed by atoms with E-state index < -0.39 is 37.3 Å². The van der Waals surface area contributed by atoms with Crippen molar-refractivity contribution in [3.63, 3.8) is 0 Å². The lowest BCUT2D eigenvalue weighted by Crippen LogP contribution is -2.40. The Labute approximate surface area is 150 Å². The third-order valence-electron chi connectivity index (χ3n) is 4.66. The van der Waals surface area contributed by atoms with Gasteiger partial charge in [-0.3, -0.25) is 0 Å². The zero-order valence-corrected chi connectivity index (χ0v) is 15.1. The Morgan fingerprint density at radius 1 is 0.760 bits per heavy atom. The topological polar surface area (TPSA) is 120 Å². The lowest BCUT2D eigenvalue weighted by Gasteiger charge is -2.18. The molecular formula is C18H36O7. The first-order chi connectivity index (χ1) is 12.1. The van der Waals surface area contributed by atoms with Gasteiger partial charge in [0, 0.05) is 13.2 Å². The van der Waals surface area contributed by atoms with Crippen molar-refractivity contribution in [1.29, 1.82) is 0 Å². The van der Waals surface area contributed by atoms with Gasteiger partial charge in [0.2, 0.25) is 0 Å². The molecule has 1 rings (SSSR count). The van der Waals surface area contributed by atoms with E-state index >= 15 is 0 Å². The van der Waals surface area contributed by atoms with Crippen molar-refractivity contribution in [3.05, 3.63) is 0 Å². The van der Waals surface area contributed by atoms with E-state index in [1.54, 1.807) is 0 Å². The minimum absolute atomic E-state index is 0.298. The van der Waals surface area contributed by atoms with Crippen LogP contribution in [0, 0.1) is 0 Å². The molecule has 7 heteroatoms. The maximum absolute atomic E-state index is 9.84. The van der Waals surface area contributed by atoms with E-state index in [1.807, 2.05) is 0 Å². The van der Waals surface area contributed by atoms with E-state index in [0.717, 1.165) is 32.1 Å². The average Bonchev–Trinajstić information content (AvgIpc) is 2.90. The quantitative estimate of drug-likeness (QED) is 0.271. The molecule has 0 amide bonds. The second-order valence-corrected chi connectivity index (χ2v) is 6.83. The third-order valence-corrected chi connectivity index (χ3v) is 4.66. The molecule has 25 heavy (non-hydrogen) atoms. The van der Waals surface area contributed by atoms with Crippen molar-refractivity contribution in [3.8, 4) is 0 Å². The van der Waals surface area contributed by atoms with Crippen molar-refractivity contribution in [2.24, 2.45) is 0 Å². The maximum Gasteiger partial charge on any atom is 0.186 e. The molecule has 0 saturated carbocycles. The van der Waals surface area contributed by atoms with Crippen LogP contribution in [0.25, 0.3) is 0 Å². The van der Waals surface area contributed by atoms with E-state index in [-0.39, 0.29) is 0 Å². The maximum atomic E-state index is 9.84. The molecule has 1 fully saturated rings. The van der Waals surface area contributed by atoms with Gasteiger partial charge in [-0.15, -0.1) is 0 Å². The van der Waals surface area contributed by atoms with Crippen LogP contribution in [0.2, 0.25) is 0 Å². The molecule has 5 N–H and O–H groups in total. The molecule has 7 nitrogen and oxygen atoms in total. The fourth-order valence-corrected chi connectivity index (χ4v) is 3.06. The summed E-state index contributed by atoms with van der Waals surface area (Å²) < 4.78 is 10.7. The minimum Gasteiger partial charge on any atom is -0.396 e. The van der Waals surface area contributed by atoms with E-state index in [1.165, 1.54) is 32.1 Å². The SMILES string of the molecule is OCCCCCCCCCCCCO[C@@H]1O[C@H]([C@H](O)CO)[C@H](O)[C@H]1O. The van der Waals surface area contributed by atoms with Gasteiger partial charge in [0.15, 0.2) is 6.29 Å². The van der Waals surface area contributed by atoms with Gasteiger partial charge in [0.1, 0.15) is 24.4 Å². The van der Waals surface area contributed by atoms with E-state index in [0.29, 0.717) is 13.2 Å². The van der Waals surface area contributed by atoms with Crippen molar-refractivity contribution < 1.29 is 35.0 Å². The largest absolute Gasteiger partial charge is 0.396 e. The van der Waals surface area contributed by atoms with Gasteiger partial charge in [0.25, 0.3) is 0 Å². The Balaban J connectivity index is 1.96. The first-order valence-corrected chi connectivity index (χ1v) is 9.64. The lowest BCUT2D eigenvalue weighted by atomic mass is 10.1. The van der Waals surface area contributed by atoms with Gasteiger partial charge in [-0.05, 0) is 12.8 Å². The van der Waals surface area contributed by atoms with Gasteiger partial charge in [-0.25, -0.2) is 0 Å². The smallest absolute Gasteiger partial charge is 0.186 e. The van der Waals surface area contributed by atoms with Crippen LogP contribution in [0.15, 0.2) is 0 Å². The first-order valence-electron chi connectivity index (χ1n) is 9.64. The zero-order chi connectivity index (χ0) is 18.5. The van der Waals surface area contributed by atoms with E-state index in [9.17, 15) is 15.3 Å². The Morgan fingerprint density at radius 3 is 1.80 bits per heavy atom. The Hall–Kier alpha value is -0.280. The van der Waals surface area contributed by atoms with E-state index in [2.05, 4.69) is 0 Å². The molecule has 1 saturated heterocycles. The molecule has 0 spiro atoms. The second-order valence-electron chi connectivity index (χ2n) is 6.83. The van der Waals surface area contributed by atoms with Crippen LogP contribution in [0.4, 0.5) is 0 Å². The highest BCUT2D eigenvalue weighted by Gasteiger charge is 2.46. The summed E-state index contributed by atoms with van der Waals surface area (Å²) in [4.78, 5) is 0. The summed E-state index contributed by atoms with van der Waals surface area (Å²) in [5, 5.41) is 46.7. The third kappa shape index (κ3) is 8.77. The van der Waals surface area contributed by atoms with Crippen molar-refractivity contribution in [2.45, 2.75) is 94.9 Å². The van der Waals surface area contributed by atoms with E-state index in [4.69, 9.17) is 19.7 Å². The molecular weight excluding hydrogens is 328 g/mol. The molecule has 1 aliphatic heterocycles. The molecule has 5 atom stereocenters. The van der Waals surface area contributed by atoms with Crippen LogP contribution >= 0.6 is 0 Å². The molecule has 0 aromatic carbocycles. The molecule has 0 aliphatic carbocycles. The van der Waals surface area contributed by atoms with Crippen LogP contribution in [0.5, 0.6) is 0 Å². The number of hydrogen-bond donors (Lipinski definition) is 5. The predicted octanol–water partition coefficient (Wildman–Crippen LogP) is 0.696. The van der Waals surface area contributed by atoms with Gasteiger partial charge < -0.3 is 35.0 Å². The number of hydrogen-bond acceptors (Lipinski definition) is 7. The minimum atomic E-state index is -1.26. The highest BCUT2D eigenvalue weighted by molar-refractivity contribution is 4.90. The molecule has 1 heterocycles. The van der Waals surface area contributed by atoms with Gasteiger partial charge in [-0.1, -0.05) is 51.4 Å². The molecule has 0 radical (unpaired) electrons. The normalized spacial score (nSPS) is 27.7. The molecule has 0 aromatic heterocycles. The van der Waals surface area contributed by atoms with Gasteiger partial charge in [-0.2, -0.15) is 0 Å². The number of ether oxygens (including phenoxy) is 2. The van der Waals surface area contributed by atoms with Crippen LogP contribution in [-0.4, -0.2) is 76.1 Å². The summed E-state index contributed by atoms with van der Waals surface area (Å²) in [6.07, 6.45) is 5.50. The molecule has 0 aromatic rings. The Morgan fingerprint density at radius 2 is 1.28 bits per heavy atom. The van der Waals surface area contributed by atoms with Crippen molar-refractivity contribution in [1.82, 2.24) is 0 Å². The Bertz CT molecular complexity index is 316. The fourth-order valence-electron chi connectivity index (χ4n) is 3.06. The first kappa shape index (κ1) is 22.8. The molecule has 0 unspecified atom stereocenters. The summed E-state index contributed by atoms with van der Waals surface area (Å²) in [6.45, 7) is 0.187. The molecule has 150 valence electrons. The van der Waals surface area contributed by atoms with Crippen molar-refractivity contribution >= 4 is 0 Å². The highest BCUT2D eigenvalue weighted by Crippen LogP contribution is 2.24.